The van der Waals surface area contributed by atoms with Crippen molar-refractivity contribution in [2.24, 2.45) is 0 Å². The Kier molecular flexibility index (Phi) is 4.35. The van der Waals surface area contributed by atoms with Crippen LogP contribution in [0.1, 0.15) is 36.3 Å². The lowest BCUT2D eigenvalue weighted by Crippen LogP contribution is -2.19. The first-order valence-corrected chi connectivity index (χ1v) is 6.56. The Morgan fingerprint density at radius 1 is 0.947 bits per heavy atom. The molecule has 19 heavy (non-hydrogen) atoms. The Labute approximate surface area is 113 Å². The highest BCUT2D eigenvalue weighted by atomic mass is 16.4. The highest BCUT2D eigenvalue weighted by Gasteiger charge is 2.29. The van der Waals surface area contributed by atoms with Crippen LogP contribution in [-0.4, -0.2) is 11.1 Å². The number of benzene rings is 2. The summed E-state index contributed by atoms with van der Waals surface area (Å²) in [5.41, 5.74) is 1.95. The Bertz CT molecular complexity index is 519. The van der Waals surface area contributed by atoms with Gasteiger partial charge in [0.1, 0.15) is 0 Å². The third-order valence-corrected chi connectivity index (χ3v) is 3.49. The van der Waals surface area contributed by atoms with Gasteiger partial charge >= 0.3 is 5.97 Å². The first-order valence-electron chi connectivity index (χ1n) is 6.56. The predicted octanol–water partition coefficient (Wildman–Crippen LogP) is 4.05. The second-order valence-electron chi connectivity index (χ2n) is 4.65. The Morgan fingerprint density at radius 3 is 1.84 bits per heavy atom. The standard InChI is InChI=1S/C17H18O2/c1-2-15(13-9-5-3-6-10-13)16(17(18)19)14-11-7-4-8-12-14/h3-12,15-16H,2H2,1H3,(H,18,19). The van der Waals surface area contributed by atoms with E-state index in [4.69, 9.17) is 0 Å². The minimum atomic E-state index is -0.762. The van der Waals surface area contributed by atoms with E-state index < -0.39 is 11.9 Å². The highest BCUT2D eigenvalue weighted by molar-refractivity contribution is 5.77. The fraction of sp³-hybridized carbons (Fsp3) is 0.235. The largest absolute Gasteiger partial charge is 0.481 e. The van der Waals surface area contributed by atoms with Crippen molar-refractivity contribution in [3.05, 3.63) is 71.8 Å². The van der Waals surface area contributed by atoms with Gasteiger partial charge in [-0.3, -0.25) is 4.79 Å². The summed E-state index contributed by atoms with van der Waals surface area (Å²) in [6, 6.07) is 19.4. The van der Waals surface area contributed by atoms with Gasteiger partial charge in [-0.25, -0.2) is 0 Å². The molecule has 0 fully saturated rings. The summed E-state index contributed by atoms with van der Waals surface area (Å²) in [7, 11) is 0. The fourth-order valence-electron chi connectivity index (χ4n) is 2.57. The van der Waals surface area contributed by atoms with Crippen LogP contribution in [0.4, 0.5) is 0 Å². The van der Waals surface area contributed by atoms with Gasteiger partial charge in [0.2, 0.25) is 0 Å². The van der Waals surface area contributed by atoms with E-state index in [1.54, 1.807) is 0 Å². The first kappa shape index (κ1) is 13.3. The number of carboxylic acid groups (broad SMARTS) is 1. The van der Waals surface area contributed by atoms with Gasteiger partial charge in [-0.15, -0.1) is 0 Å². The van der Waals surface area contributed by atoms with Crippen LogP contribution in [0.3, 0.4) is 0 Å². The molecule has 0 aliphatic carbocycles. The van der Waals surface area contributed by atoms with Crippen LogP contribution in [0.25, 0.3) is 0 Å². The molecule has 2 nitrogen and oxygen atoms in total. The van der Waals surface area contributed by atoms with Crippen LogP contribution >= 0.6 is 0 Å². The lowest BCUT2D eigenvalue weighted by molar-refractivity contribution is -0.139. The molecule has 0 spiro atoms. The van der Waals surface area contributed by atoms with E-state index >= 15 is 0 Å². The Hall–Kier alpha value is -2.09. The Morgan fingerprint density at radius 2 is 1.42 bits per heavy atom. The van der Waals surface area contributed by atoms with Gasteiger partial charge in [-0.1, -0.05) is 67.6 Å². The van der Waals surface area contributed by atoms with E-state index in [-0.39, 0.29) is 5.92 Å². The number of hydrogen-bond acceptors (Lipinski definition) is 1. The molecule has 1 N–H and O–H groups in total. The van der Waals surface area contributed by atoms with Gasteiger partial charge in [0.15, 0.2) is 0 Å². The molecule has 2 rings (SSSR count). The van der Waals surface area contributed by atoms with Crippen LogP contribution < -0.4 is 0 Å². The molecule has 0 radical (unpaired) electrons. The molecule has 2 unspecified atom stereocenters. The van der Waals surface area contributed by atoms with E-state index in [0.29, 0.717) is 0 Å². The molecule has 0 aliphatic rings. The summed E-state index contributed by atoms with van der Waals surface area (Å²) in [4.78, 5) is 11.7. The van der Waals surface area contributed by atoms with Gasteiger partial charge in [0, 0.05) is 5.92 Å². The number of rotatable bonds is 5. The van der Waals surface area contributed by atoms with Gasteiger partial charge < -0.3 is 5.11 Å². The summed E-state index contributed by atoms with van der Waals surface area (Å²) in [6.07, 6.45) is 0.801. The smallest absolute Gasteiger partial charge is 0.311 e. The molecule has 0 aromatic heterocycles. The van der Waals surface area contributed by atoms with Crippen molar-refractivity contribution in [3.63, 3.8) is 0 Å². The van der Waals surface area contributed by atoms with Crippen molar-refractivity contribution in [2.45, 2.75) is 25.2 Å². The molecular weight excluding hydrogens is 236 g/mol. The SMILES string of the molecule is CCC(c1ccccc1)C(C(=O)O)c1ccccc1. The normalized spacial score (nSPS) is 13.7. The monoisotopic (exact) mass is 254 g/mol. The molecular formula is C17H18O2. The summed E-state index contributed by atoms with van der Waals surface area (Å²) < 4.78 is 0. The minimum Gasteiger partial charge on any atom is -0.481 e. The van der Waals surface area contributed by atoms with Crippen molar-refractivity contribution in [1.29, 1.82) is 0 Å². The van der Waals surface area contributed by atoms with E-state index in [1.807, 2.05) is 67.6 Å². The molecule has 2 aromatic carbocycles. The number of carboxylic acids is 1. The van der Waals surface area contributed by atoms with Gasteiger partial charge in [-0.2, -0.15) is 0 Å². The summed E-state index contributed by atoms with van der Waals surface area (Å²) in [5, 5.41) is 9.59. The number of hydrogen-bond donors (Lipinski definition) is 1. The summed E-state index contributed by atoms with van der Waals surface area (Å²) in [6.45, 7) is 2.04. The maximum atomic E-state index is 11.7. The van der Waals surface area contributed by atoms with E-state index in [2.05, 4.69) is 0 Å². The third kappa shape index (κ3) is 3.02. The molecule has 2 atom stereocenters. The topological polar surface area (TPSA) is 37.3 Å². The van der Waals surface area contributed by atoms with Gasteiger partial charge in [-0.05, 0) is 17.5 Å². The highest BCUT2D eigenvalue weighted by Crippen LogP contribution is 2.35. The lowest BCUT2D eigenvalue weighted by Gasteiger charge is -2.23. The van der Waals surface area contributed by atoms with Crippen LogP contribution in [-0.2, 0) is 4.79 Å². The van der Waals surface area contributed by atoms with Crippen LogP contribution in [0.2, 0.25) is 0 Å². The molecule has 0 saturated heterocycles. The van der Waals surface area contributed by atoms with Crippen LogP contribution in [0.15, 0.2) is 60.7 Å². The van der Waals surface area contributed by atoms with Gasteiger partial charge in [0.05, 0.1) is 5.92 Å². The molecule has 0 saturated carbocycles. The molecule has 0 heterocycles. The van der Waals surface area contributed by atoms with Crippen molar-refractivity contribution < 1.29 is 9.90 Å². The molecule has 0 amide bonds. The van der Waals surface area contributed by atoms with Crippen LogP contribution in [0.5, 0.6) is 0 Å². The maximum Gasteiger partial charge on any atom is 0.311 e. The molecule has 2 heteroatoms. The van der Waals surface area contributed by atoms with Crippen molar-refractivity contribution in [3.8, 4) is 0 Å². The van der Waals surface area contributed by atoms with E-state index in [0.717, 1.165) is 17.5 Å². The van der Waals surface area contributed by atoms with E-state index in [1.165, 1.54) is 0 Å². The van der Waals surface area contributed by atoms with Crippen LogP contribution in [0, 0.1) is 0 Å². The average Bonchev–Trinajstić information content (AvgIpc) is 2.46. The predicted molar refractivity (Wildman–Crippen MR) is 76.3 cm³/mol. The fourth-order valence-corrected chi connectivity index (χ4v) is 2.57. The van der Waals surface area contributed by atoms with E-state index in [9.17, 15) is 9.90 Å². The summed E-state index contributed by atoms with van der Waals surface area (Å²) in [5.74, 6) is -1.25. The third-order valence-electron chi connectivity index (χ3n) is 3.49. The molecule has 98 valence electrons. The molecule has 2 aromatic rings. The quantitative estimate of drug-likeness (QED) is 0.874. The number of aliphatic carboxylic acids is 1. The second kappa shape index (κ2) is 6.19. The van der Waals surface area contributed by atoms with Crippen molar-refractivity contribution in [1.82, 2.24) is 0 Å². The van der Waals surface area contributed by atoms with Crippen molar-refractivity contribution >= 4 is 5.97 Å². The molecule has 0 aliphatic heterocycles. The van der Waals surface area contributed by atoms with Gasteiger partial charge in [0.25, 0.3) is 0 Å². The first-order chi connectivity index (χ1) is 9.24. The zero-order valence-electron chi connectivity index (χ0n) is 11.0. The zero-order chi connectivity index (χ0) is 13.7. The lowest BCUT2D eigenvalue weighted by atomic mass is 9.80. The summed E-state index contributed by atoms with van der Waals surface area (Å²) >= 11 is 0. The zero-order valence-corrected chi connectivity index (χ0v) is 11.0. The second-order valence-corrected chi connectivity index (χ2v) is 4.65. The van der Waals surface area contributed by atoms with Crippen molar-refractivity contribution in [2.75, 3.05) is 0 Å². The minimum absolute atomic E-state index is 0.00102. The molecule has 0 bridgehead atoms. The average molecular weight is 254 g/mol. The Balaban J connectivity index is 2.41. The number of carbonyl (C=O) groups is 1. The maximum absolute atomic E-state index is 11.7.